The summed E-state index contributed by atoms with van der Waals surface area (Å²) in [6.45, 7) is 4.99. The highest BCUT2D eigenvalue weighted by atomic mass is 16.5. The van der Waals surface area contributed by atoms with Gasteiger partial charge in [-0.15, -0.1) is 0 Å². The zero-order valence-electron chi connectivity index (χ0n) is 14.3. The summed E-state index contributed by atoms with van der Waals surface area (Å²) < 4.78 is 12.7. The van der Waals surface area contributed by atoms with Gasteiger partial charge >= 0.3 is 5.97 Å². The number of carbonyl (C=O) groups is 2. The predicted molar refractivity (Wildman–Crippen MR) is 92.7 cm³/mol. The number of esters is 1. The van der Waals surface area contributed by atoms with Crippen LogP contribution in [0.4, 0.5) is 0 Å². The van der Waals surface area contributed by atoms with Gasteiger partial charge in [0.2, 0.25) is 0 Å². The highest BCUT2D eigenvalue weighted by Gasteiger charge is 2.37. The predicted octanol–water partition coefficient (Wildman–Crippen LogP) is 2.36. The summed E-state index contributed by atoms with van der Waals surface area (Å²) in [5, 5.41) is 4.03. The maximum atomic E-state index is 12.6. The van der Waals surface area contributed by atoms with Crippen molar-refractivity contribution < 1.29 is 19.1 Å². The number of benzene rings is 1. The van der Waals surface area contributed by atoms with Crippen molar-refractivity contribution in [2.45, 2.75) is 26.3 Å². The minimum Gasteiger partial charge on any atom is -0.462 e. The Labute approximate surface area is 146 Å². The van der Waals surface area contributed by atoms with E-state index in [1.54, 1.807) is 13.0 Å². The molecule has 1 saturated heterocycles. The number of carbonyl (C=O) groups excluding carboxylic acids is 2. The van der Waals surface area contributed by atoms with Crippen molar-refractivity contribution >= 4 is 22.8 Å². The first-order chi connectivity index (χ1) is 12.1. The van der Waals surface area contributed by atoms with Gasteiger partial charge in [-0.3, -0.25) is 4.79 Å². The van der Waals surface area contributed by atoms with Crippen LogP contribution in [0.2, 0.25) is 0 Å². The first-order valence-electron chi connectivity index (χ1n) is 8.78. The Kier molecular flexibility index (Phi) is 4.00. The lowest BCUT2D eigenvalue weighted by Gasteiger charge is -2.36. The minimum absolute atomic E-state index is 0.00500. The van der Waals surface area contributed by atoms with E-state index in [9.17, 15) is 9.59 Å². The van der Waals surface area contributed by atoms with Gasteiger partial charge in [-0.05, 0) is 38.0 Å². The molecule has 3 heterocycles. The van der Waals surface area contributed by atoms with Crippen LogP contribution in [0.25, 0.3) is 10.9 Å². The van der Waals surface area contributed by atoms with Crippen molar-refractivity contribution in [3.05, 3.63) is 35.5 Å². The molecule has 1 amide bonds. The number of hydrogen-bond acceptors (Lipinski definition) is 4. The number of rotatable bonds is 2. The van der Waals surface area contributed by atoms with E-state index in [1.807, 2.05) is 18.2 Å². The third-order valence-corrected chi connectivity index (χ3v) is 5.32. The summed E-state index contributed by atoms with van der Waals surface area (Å²) in [5.74, 6) is -0.393. The molecular weight excluding hydrogens is 320 g/mol. The van der Waals surface area contributed by atoms with Crippen LogP contribution in [0.1, 0.15) is 40.6 Å². The monoisotopic (exact) mass is 342 g/mol. The molecule has 25 heavy (non-hydrogen) atoms. The molecule has 0 atom stereocenters. The summed E-state index contributed by atoms with van der Waals surface area (Å²) in [7, 11) is 0. The zero-order valence-corrected chi connectivity index (χ0v) is 14.3. The van der Waals surface area contributed by atoms with Crippen molar-refractivity contribution in [2.75, 3.05) is 26.4 Å². The molecule has 0 radical (unpaired) electrons. The van der Waals surface area contributed by atoms with Gasteiger partial charge in [-0.25, -0.2) is 4.79 Å². The minimum atomic E-state index is -0.334. The Bertz CT molecular complexity index is 833. The van der Waals surface area contributed by atoms with Gasteiger partial charge in [0.25, 0.3) is 5.91 Å². The van der Waals surface area contributed by atoms with Gasteiger partial charge in [0.1, 0.15) is 5.69 Å². The fourth-order valence-electron chi connectivity index (χ4n) is 3.84. The maximum Gasteiger partial charge on any atom is 0.338 e. The van der Waals surface area contributed by atoms with E-state index in [-0.39, 0.29) is 17.3 Å². The van der Waals surface area contributed by atoms with Gasteiger partial charge in [0.15, 0.2) is 0 Å². The number of hydrogen-bond donors (Lipinski definition) is 1. The molecule has 1 aromatic carbocycles. The van der Waals surface area contributed by atoms with Crippen LogP contribution >= 0.6 is 0 Å². The lowest BCUT2D eigenvalue weighted by atomic mass is 9.80. The Hall–Kier alpha value is -2.34. The number of fused-ring (bicyclic) bond motifs is 3. The molecule has 2 aliphatic rings. The van der Waals surface area contributed by atoms with E-state index in [1.165, 1.54) is 0 Å². The van der Waals surface area contributed by atoms with Crippen molar-refractivity contribution in [3.63, 3.8) is 0 Å². The molecule has 0 saturated carbocycles. The van der Waals surface area contributed by atoms with Crippen molar-refractivity contribution in [1.29, 1.82) is 0 Å². The fraction of sp³-hybridized carbons (Fsp3) is 0.474. The van der Waals surface area contributed by atoms with Gasteiger partial charge < -0.3 is 19.4 Å². The summed E-state index contributed by atoms with van der Waals surface area (Å²) in [6.07, 6.45) is 1.84. The third-order valence-electron chi connectivity index (χ3n) is 5.32. The Morgan fingerprint density at radius 1 is 1.32 bits per heavy atom. The highest BCUT2D eigenvalue weighted by molar-refractivity contribution is 6.01. The van der Waals surface area contributed by atoms with Crippen LogP contribution in [0.3, 0.4) is 0 Å². The summed E-state index contributed by atoms with van der Waals surface area (Å²) in [4.78, 5) is 24.6. The third kappa shape index (κ3) is 2.80. The molecule has 4 rings (SSSR count). The maximum absolute atomic E-state index is 12.6. The molecule has 6 heteroatoms. The van der Waals surface area contributed by atoms with Crippen molar-refractivity contribution in [1.82, 2.24) is 9.88 Å². The van der Waals surface area contributed by atoms with Crippen LogP contribution < -0.4 is 5.32 Å². The molecule has 0 aliphatic carbocycles. The van der Waals surface area contributed by atoms with Gasteiger partial charge in [0.05, 0.1) is 12.2 Å². The highest BCUT2D eigenvalue weighted by Crippen LogP contribution is 2.36. The second kappa shape index (κ2) is 6.19. The fourth-order valence-corrected chi connectivity index (χ4v) is 3.84. The van der Waals surface area contributed by atoms with E-state index >= 15 is 0 Å². The van der Waals surface area contributed by atoms with E-state index in [4.69, 9.17) is 9.47 Å². The molecule has 6 nitrogen and oxygen atoms in total. The summed E-state index contributed by atoms with van der Waals surface area (Å²) in [6, 6.07) is 7.37. The molecule has 1 fully saturated rings. The molecule has 132 valence electrons. The van der Waals surface area contributed by atoms with Gasteiger partial charge in [-0.2, -0.15) is 0 Å². The second-order valence-electron chi connectivity index (χ2n) is 6.90. The molecular formula is C19H22N2O4. The molecule has 2 aliphatic heterocycles. The SMILES string of the molecule is CCOC(=O)c1ccc2cc3n(c2c1)CC1(CCOCC1)CNC3=O. The van der Waals surface area contributed by atoms with Crippen LogP contribution in [0, 0.1) is 5.41 Å². The summed E-state index contributed by atoms with van der Waals surface area (Å²) in [5.41, 5.74) is 2.08. The normalized spacial score (nSPS) is 19.3. The quantitative estimate of drug-likeness (QED) is 0.851. The van der Waals surface area contributed by atoms with Crippen molar-refractivity contribution in [3.8, 4) is 0 Å². The van der Waals surface area contributed by atoms with Crippen molar-refractivity contribution in [2.24, 2.45) is 5.41 Å². The van der Waals surface area contributed by atoms with Crippen LogP contribution in [-0.4, -0.2) is 42.8 Å². The average molecular weight is 342 g/mol. The topological polar surface area (TPSA) is 69.6 Å². The smallest absolute Gasteiger partial charge is 0.338 e. The molecule has 0 bridgehead atoms. The molecule has 1 aromatic heterocycles. The summed E-state index contributed by atoms with van der Waals surface area (Å²) >= 11 is 0. The van der Waals surface area contributed by atoms with E-state index in [0.717, 1.165) is 43.5 Å². The zero-order chi connectivity index (χ0) is 17.4. The molecule has 1 N–H and O–H groups in total. The van der Waals surface area contributed by atoms with Gasteiger partial charge in [-0.1, -0.05) is 6.07 Å². The lowest BCUT2D eigenvalue weighted by molar-refractivity contribution is 0.00884. The Morgan fingerprint density at radius 2 is 2.12 bits per heavy atom. The first-order valence-corrected chi connectivity index (χ1v) is 8.78. The Morgan fingerprint density at radius 3 is 2.88 bits per heavy atom. The standard InChI is InChI=1S/C19H22N2O4/c1-2-25-18(23)14-4-3-13-9-16-17(22)20-11-19(5-7-24-8-6-19)12-21(16)15(13)10-14/h3-4,9-10H,2,5-8,11-12H2,1H3,(H,20,22). The second-order valence-corrected chi connectivity index (χ2v) is 6.90. The number of ether oxygens (including phenoxy) is 2. The Balaban J connectivity index is 1.80. The van der Waals surface area contributed by atoms with E-state index < -0.39 is 0 Å². The number of nitrogens with zero attached hydrogens (tertiary/aromatic N) is 1. The first kappa shape index (κ1) is 16.1. The largest absolute Gasteiger partial charge is 0.462 e. The van der Waals surface area contributed by atoms with E-state index in [0.29, 0.717) is 24.4 Å². The lowest BCUT2D eigenvalue weighted by Crippen LogP contribution is -2.41. The van der Waals surface area contributed by atoms with Crippen LogP contribution in [-0.2, 0) is 16.0 Å². The number of amides is 1. The number of nitrogens with one attached hydrogen (secondary N) is 1. The average Bonchev–Trinajstić information content (AvgIpc) is 2.92. The molecule has 1 spiro atoms. The van der Waals surface area contributed by atoms with E-state index in [2.05, 4.69) is 9.88 Å². The van der Waals surface area contributed by atoms with Crippen LogP contribution in [0.15, 0.2) is 24.3 Å². The number of aromatic nitrogens is 1. The van der Waals surface area contributed by atoms with Gasteiger partial charge in [0, 0.05) is 42.6 Å². The molecule has 0 unspecified atom stereocenters. The molecule has 2 aromatic rings. The van der Waals surface area contributed by atoms with Crippen LogP contribution in [0.5, 0.6) is 0 Å².